The van der Waals surface area contributed by atoms with Crippen LogP contribution in [0.15, 0.2) is 65.7 Å². The molecule has 0 spiro atoms. The summed E-state index contributed by atoms with van der Waals surface area (Å²) in [5.41, 5.74) is 4.46. The SMILES string of the molecule is CC1(C)c2ncc(C3CCN(Cc4ccc(N5CCC(c6cc(F)c(C7CCC(=O)NC7=O)c(F)c6)CC5)nc4)CC3)cc2-n2c1nc(=O)c1c(Cl)cccc12. The Morgan fingerprint density at radius 2 is 1.57 bits per heavy atom. The largest absolute Gasteiger partial charge is 0.357 e. The van der Waals surface area contributed by atoms with E-state index in [0.29, 0.717) is 40.8 Å². The van der Waals surface area contributed by atoms with Gasteiger partial charge in [0.15, 0.2) is 0 Å². The highest BCUT2D eigenvalue weighted by atomic mass is 35.5. The topological polar surface area (TPSA) is 113 Å². The molecule has 1 N–H and O–H groups in total. The number of nitrogens with one attached hydrogen (secondary N) is 1. The molecular formula is C43H42ClF2N7O3. The van der Waals surface area contributed by atoms with E-state index in [0.717, 1.165) is 73.6 Å². The number of likely N-dealkylation sites (tertiary alicyclic amines) is 1. The number of amides is 2. The predicted octanol–water partition coefficient (Wildman–Crippen LogP) is 7.03. The highest BCUT2D eigenvalue weighted by molar-refractivity contribution is 6.35. The van der Waals surface area contributed by atoms with Crippen molar-refractivity contribution in [3.63, 3.8) is 0 Å². The van der Waals surface area contributed by atoms with Gasteiger partial charge in [-0.1, -0.05) is 23.7 Å². The minimum atomic E-state index is -0.999. The Balaban J connectivity index is 0.810. The molecule has 13 heteroatoms. The fourth-order valence-electron chi connectivity index (χ4n) is 9.30. The van der Waals surface area contributed by atoms with Crippen molar-refractivity contribution < 1.29 is 18.4 Å². The fourth-order valence-corrected chi connectivity index (χ4v) is 9.55. The first-order valence-electron chi connectivity index (χ1n) is 19.4. The summed E-state index contributed by atoms with van der Waals surface area (Å²) in [4.78, 5) is 55.8. The quantitative estimate of drug-likeness (QED) is 0.183. The van der Waals surface area contributed by atoms with Crippen LogP contribution in [-0.2, 0) is 21.5 Å². The average Bonchev–Trinajstić information content (AvgIpc) is 3.41. The smallest absolute Gasteiger partial charge is 0.282 e. The second kappa shape index (κ2) is 14.1. The van der Waals surface area contributed by atoms with Crippen molar-refractivity contribution in [3.8, 4) is 5.69 Å². The minimum absolute atomic E-state index is 0.00901. The van der Waals surface area contributed by atoms with E-state index < -0.39 is 34.8 Å². The Morgan fingerprint density at radius 1 is 0.857 bits per heavy atom. The van der Waals surface area contributed by atoms with Crippen molar-refractivity contribution in [2.75, 3.05) is 31.1 Å². The molecule has 0 saturated carbocycles. The lowest BCUT2D eigenvalue weighted by molar-refractivity contribution is -0.134. The third-order valence-electron chi connectivity index (χ3n) is 12.4. The van der Waals surface area contributed by atoms with Crippen LogP contribution in [0.4, 0.5) is 14.6 Å². The van der Waals surface area contributed by atoms with Gasteiger partial charge in [-0.15, -0.1) is 0 Å². The van der Waals surface area contributed by atoms with Crippen molar-refractivity contribution in [1.82, 2.24) is 29.7 Å². The summed E-state index contributed by atoms with van der Waals surface area (Å²) in [6.07, 6.45) is 7.56. The van der Waals surface area contributed by atoms with E-state index in [1.54, 1.807) is 6.07 Å². The molecule has 5 aromatic rings. The van der Waals surface area contributed by atoms with E-state index in [1.807, 2.05) is 24.5 Å². The summed E-state index contributed by atoms with van der Waals surface area (Å²) in [7, 11) is 0. The second-order valence-corrected chi connectivity index (χ2v) is 16.6. The maximum Gasteiger partial charge on any atom is 0.282 e. The Morgan fingerprint density at radius 3 is 2.27 bits per heavy atom. The standard InChI is InChI=1S/C43H42ClF2N7O3/c1-43(2)39-34(53-33-5-3-4-30(44)38(33)41(56)50-42(43)53)20-28(22-48-39)26-10-14-51(15-11-26)23-24-6-8-35(47-21-24)52-16-12-25(13-17-52)27-18-31(45)37(32(46)19-27)29-7-9-36(54)49-40(29)55/h3-6,8,18-22,25-26,29H,7,9-17,23H2,1-2H3,(H,49,54,55). The fraction of sp³-hybridized carbons (Fsp3) is 0.395. The number of rotatable bonds is 6. The number of nitrogens with zero attached hydrogens (tertiary/aromatic N) is 6. The van der Waals surface area contributed by atoms with Crippen molar-refractivity contribution in [2.24, 2.45) is 0 Å². The molecule has 10 nitrogen and oxygen atoms in total. The summed E-state index contributed by atoms with van der Waals surface area (Å²) in [5, 5.41) is 3.01. The third kappa shape index (κ3) is 6.36. The molecule has 2 amide bonds. The van der Waals surface area contributed by atoms with Crippen molar-refractivity contribution in [3.05, 3.63) is 122 Å². The highest BCUT2D eigenvalue weighted by Crippen LogP contribution is 2.44. The zero-order valence-electron chi connectivity index (χ0n) is 31.3. The lowest BCUT2D eigenvalue weighted by Crippen LogP contribution is -2.40. The number of halogens is 3. The van der Waals surface area contributed by atoms with Gasteiger partial charge in [0.05, 0.1) is 38.6 Å². The number of aromatic nitrogens is 4. The summed E-state index contributed by atoms with van der Waals surface area (Å²) in [5.74, 6) is -1.61. The molecule has 9 rings (SSSR count). The lowest BCUT2D eigenvalue weighted by atomic mass is 9.85. The van der Waals surface area contributed by atoms with E-state index in [2.05, 4.69) is 56.7 Å². The number of carbonyl (C=O) groups excluding carboxylic acids is 2. The van der Waals surface area contributed by atoms with Gasteiger partial charge in [-0.2, -0.15) is 4.98 Å². The normalized spacial score (nSPS) is 20.3. The first kappa shape index (κ1) is 36.6. The van der Waals surface area contributed by atoms with Crippen LogP contribution in [0.25, 0.3) is 16.6 Å². The van der Waals surface area contributed by atoms with Crippen LogP contribution in [0.5, 0.6) is 0 Å². The van der Waals surface area contributed by atoms with Gasteiger partial charge in [-0.05, 0) is 124 Å². The number of benzene rings is 2. The zero-order chi connectivity index (χ0) is 38.9. The van der Waals surface area contributed by atoms with Crippen LogP contribution in [0.2, 0.25) is 5.02 Å². The number of fused-ring (bicyclic) bond motifs is 5. The maximum atomic E-state index is 15.2. The Hall–Kier alpha value is -5.07. The summed E-state index contributed by atoms with van der Waals surface area (Å²) in [6.45, 7) is 8.24. The molecule has 0 radical (unpaired) electrons. The van der Waals surface area contributed by atoms with Crippen LogP contribution in [0.1, 0.15) is 104 Å². The predicted molar refractivity (Wildman–Crippen MR) is 209 cm³/mol. The Bertz CT molecular complexity index is 2430. The average molecular weight is 778 g/mol. The van der Waals surface area contributed by atoms with Gasteiger partial charge in [-0.3, -0.25) is 34.2 Å². The van der Waals surface area contributed by atoms with Gasteiger partial charge in [0.25, 0.3) is 5.56 Å². The number of piperidine rings is 3. The van der Waals surface area contributed by atoms with E-state index in [-0.39, 0.29) is 29.9 Å². The molecule has 3 aromatic heterocycles. The number of hydrogen-bond donors (Lipinski definition) is 1. The molecule has 3 fully saturated rings. The number of imide groups is 1. The Kier molecular flexibility index (Phi) is 9.23. The van der Waals surface area contributed by atoms with Gasteiger partial charge >= 0.3 is 0 Å². The van der Waals surface area contributed by atoms with Gasteiger partial charge in [0.1, 0.15) is 23.3 Å². The molecule has 3 saturated heterocycles. The molecule has 4 aliphatic rings. The van der Waals surface area contributed by atoms with Crippen molar-refractivity contribution in [1.29, 1.82) is 0 Å². The summed E-state index contributed by atoms with van der Waals surface area (Å²) in [6, 6.07) is 14.7. The van der Waals surface area contributed by atoms with E-state index >= 15 is 8.78 Å². The first-order valence-corrected chi connectivity index (χ1v) is 19.8. The van der Waals surface area contributed by atoms with Gasteiger partial charge < -0.3 is 4.90 Å². The number of anilines is 1. The van der Waals surface area contributed by atoms with E-state index in [9.17, 15) is 14.4 Å². The highest BCUT2D eigenvalue weighted by Gasteiger charge is 2.41. The zero-order valence-corrected chi connectivity index (χ0v) is 32.1. The van der Waals surface area contributed by atoms with Crippen LogP contribution in [0.3, 0.4) is 0 Å². The first-order chi connectivity index (χ1) is 27.0. The van der Waals surface area contributed by atoms with E-state index in [4.69, 9.17) is 21.6 Å². The minimum Gasteiger partial charge on any atom is -0.357 e. The maximum absolute atomic E-state index is 15.2. The van der Waals surface area contributed by atoms with Crippen LogP contribution < -0.4 is 15.8 Å². The molecule has 56 heavy (non-hydrogen) atoms. The third-order valence-corrected chi connectivity index (χ3v) is 12.7. The van der Waals surface area contributed by atoms with Gasteiger partial charge in [0, 0.05) is 44.0 Å². The van der Waals surface area contributed by atoms with Crippen LogP contribution in [-0.4, -0.2) is 62.4 Å². The molecule has 288 valence electrons. The molecule has 7 heterocycles. The summed E-state index contributed by atoms with van der Waals surface area (Å²) >= 11 is 6.48. The molecule has 2 aromatic carbocycles. The molecule has 0 aliphatic carbocycles. The summed E-state index contributed by atoms with van der Waals surface area (Å²) < 4.78 is 32.5. The van der Waals surface area contributed by atoms with Crippen LogP contribution in [0, 0.1) is 11.6 Å². The van der Waals surface area contributed by atoms with Crippen LogP contribution >= 0.6 is 11.6 Å². The van der Waals surface area contributed by atoms with Crippen molar-refractivity contribution in [2.45, 2.75) is 82.1 Å². The molecule has 1 unspecified atom stereocenters. The van der Waals surface area contributed by atoms with Gasteiger partial charge in [-0.25, -0.2) is 13.8 Å². The lowest BCUT2D eigenvalue weighted by Gasteiger charge is -2.34. The number of hydrogen-bond acceptors (Lipinski definition) is 8. The van der Waals surface area contributed by atoms with Crippen molar-refractivity contribution >= 4 is 40.1 Å². The molecular weight excluding hydrogens is 736 g/mol. The molecule has 1 atom stereocenters. The molecule has 4 aliphatic heterocycles. The van der Waals surface area contributed by atoms with Gasteiger partial charge in [0.2, 0.25) is 11.8 Å². The Labute approximate surface area is 327 Å². The number of pyridine rings is 2. The van der Waals surface area contributed by atoms with E-state index in [1.165, 1.54) is 17.7 Å². The number of carbonyl (C=O) groups is 2. The molecule has 0 bridgehead atoms. The monoisotopic (exact) mass is 777 g/mol. The second-order valence-electron chi connectivity index (χ2n) is 16.2.